The van der Waals surface area contributed by atoms with E-state index in [1.807, 2.05) is 79.7 Å². The van der Waals surface area contributed by atoms with Crippen LogP contribution in [0.25, 0.3) is 11.8 Å². The fraction of sp³-hybridized carbons (Fsp3) is 0.0400. The second-order valence-corrected chi connectivity index (χ2v) is 7.01. The first-order chi connectivity index (χ1) is 15.6. The zero-order valence-electron chi connectivity index (χ0n) is 17.4. The van der Waals surface area contributed by atoms with Gasteiger partial charge in [-0.05, 0) is 42.3 Å². The highest BCUT2D eigenvalue weighted by Crippen LogP contribution is 2.17. The van der Waals surface area contributed by atoms with E-state index in [2.05, 4.69) is 20.7 Å². The molecule has 2 amide bonds. The van der Waals surface area contributed by atoms with Crippen LogP contribution in [-0.2, 0) is 4.79 Å². The number of carbonyl (C=O) groups is 2. The van der Waals surface area contributed by atoms with Crippen LogP contribution in [0.3, 0.4) is 0 Å². The van der Waals surface area contributed by atoms with Gasteiger partial charge in [-0.25, -0.2) is 0 Å². The van der Waals surface area contributed by atoms with E-state index < -0.39 is 0 Å². The Kier molecular flexibility index (Phi) is 6.17. The highest BCUT2D eigenvalue weighted by molar-refractivity contribution is 6.05. The zero-order chi connectivity index (χ0) is 22.3. The lowest BCUT2D eigenvalue weighted by Crippen LogP contribution is -2.14. The maximum Gasteiger partial charge on any atom is 0.258 e. The Morgan fingerprint density at radius 2 is 1.50 bits per heavy atom. The molecule has 0 aliphatic carbocycles. The molecule has 0 atom stereocenters. The van der Waals surface area contributed by atoms with Gasteiger partial charge in [0.15, 0.2) is 0 Å². The number of anilines is 2. The van der Waals surface area contributed by atoms with E-state index in [0.717, 1.165) is 11.1 Å². The van der Waals surface area contributed by atoms with Gasteiger partial charge in [-0.15, -0.1) is 5.10 Å². The number of benzene rings is 3. The van der Waals surface area contributed by atoms with E-state index in [0.29, 0.717) is 11.3 Å². The van der Waals surface area contributed by atoms with Gasteiger partial charge in [0.2, 0.25) is 5.95 Å². The normalized spacial score (nSPS) is 10.8. The van der Waals surface area contributed by atoms with Crippen LogP contribution in [0.5, 0.6) is 0 Å². The van der Waals surface area contributed by atoms with Gasteiger partial charge in [-0.2, -0.15) is 9.67 Å². The van der Waals surface area contributed by atoms with Crippen LogP contribution >= 0.6 is 0 Å². The van der Waals surface area contributed by atoms with Crippen LogP contribution in [0.4, 0.5) is 11.9 Å². The summed E-state index contributed by atoms with van der Waals surface area (Å²) in [7, 11) is 0. The molecule has 0 aliphatic rings. The number of rotatable bonds is 6. The quantitative estimate of drug-likeness (QED) is 0.448. The molecule has 0 aliphatic heterocycles. The molecule has 2 N–H and O–H groups in total. The van der Waals surface area contributed by atoms with E-state index in [-0.39, 0.29) is 23.7 Å². The third-order valence-corrected chi connectivity index (χ3v) is 4.68. The fourth-order valence-electron chi connectivity index (χ4n) is 3.08. The van der Waals surface area contributed by atoms with E-state index in [1.54, 1.807) is 18.2 Å². The summed E-state index contributed by atoms with van der Waals surface area (Å²) < 4.78 is 1.47. The minimum Gasteiger partial charge on any atom is -0.291 e. The van der Waals surface area contributed by atoms with Crippen molar-refractivity contribution in [1.82, 2.24) is 14.8 Å². The average Bonchev–Trinajstić information content (AvgIpc) is 3.21. The monoisotopic (exact) mass is 423 g/mol. The molecule has 7 nitrogen and oxygen atoms in total. The van der Waals surface area contributed by atoms with Crippen molar-refractivity contribution in [3.05, 3.63) is 108 Å². The van der Waals surface area contributed by atoms with E-state index in [1.165, 1.54) is 10.8 Å². The molecule has 4 rings (SSSR count). The zero-order valence-corrected chi connectivity index (χ0v) is 17.4. The largest absolute Gasteiger partial charge is 0.291 e. The molecule has 0 fully saturated rings. The van der Waals surface area contributed by atoms with Crippen LogP contribution in [0.1, 0.15) is 21.5 Å². The van der Waals surface area contributed by atoms with Crippen molar-refractivity contribution in [2.75, 3.05) is 10.6 Å². The van der Waals surface area contributed by atoms with Crippen LogP contribution in [-0.4, -0.2) is 26.6 Å². The summed E-state index contributed by atoms with van der Waals surface area (Å²) in [6.07, 6.45) is 3.13. The van der Waals surface area contributed by atoms with Gasteiger partial charge in [0, 0.05) is 11.6 Å². The summed E-state index contributed by atoms with van der Waals surface area (Å²) in [5, 5.41) is 9.83. The maximum absolute atomic E-state index is 12.7. The van der Waals surface area contributed by atoms with Gasteiger partial charge in [0.1, 0.15) is 0 Å². The number of hydrogen-bond acceptors (Lipinski definition) is 4. The molecule has 0 bridgehead atoms. The second kappa shape index (κ2) is 9.53. The van der Waals surface area contributed by atoms with Gasteiger partial charge < -0.3 is 0 Å². The first kappa shape index (κ1) is 20.7. The van der Waals surface area contributed by atoms with Gasteiger partial charge in [0.05, 0.1) is 5.69 Å². The third kappa shape index (κ3) is 4.96. The Bertz CT molecular complexity index is 1260. The lowest BCUT2D eigenvalue weighted by atomic mass is 10.1. The Labute approximate surface area is 185 Å². The Balaban J connectivity index is 1.58. The highest BCUT2D eigenvalue weighted by Gasteiger charge is 2.16. The fourth-order valence-corrected chi connectivity index (χ4v) is 3.08. The summed E-state index contributed by atoms with van der Waals surface area (Å²) in [5.74, 6) is -0.409. The predicted molar refractivity (Wildman–Crippen MR) is 125 cm³/mol. The number of carbonyl (C=O) groups excluding carboxylic acids is 2. The van der Waals surface area contributed by atoms with E-state index in [9.17, 15) is 9.59 Å². The number of amides is 2. The molecule has 1 aromatic heterocycles. The minimum atomic E-state index is -0.366. The van der Waals surface area contributed by atoms with Crippen molar-refractivity contribution >= 4 is 29.8 Å². The Hall–Kier alpha value is -4.52. The topological polar surface area (TPSA) is 88.9 Å². The van der Waals surface area contributed by atoms with E-state index >= 15 is 0 Å². The second-order valence-electron chi connectivity index (χ2n) is 7.01. The summed E-state index contributed by atoms with van der Waals surface area (Å²) in [5.41, 5.74) is 2.96. The molecular formula is C25H21N5O2. The van der Waals surface area contributed by atoms with Crippen LogP contribution < -0.4 is 10.6 Å². The lowest BCUT2D eigenvalue weighted by molar-refractivity contribution is -0.111. The van der Waals surface area contributed by atoms with Crippen molar-refractivity contribution in [1.29, 1.82) is 0 Å². The average molecular weight is 423 g/mol. The van der Waals surface area contributed by atoms with Crippen molar-refractivity contribution in [2.45, 2.75) is 6.92 Å². The van der Waals surface area contributed by atoms with Crippen molar-refractivity contribution in [3.63, 3.8) is 0 Å². The Morgan fingerprint density at radius 3 is 2.22 bits per heavy atom. The molecule has 0 saturated heterocycles. The molecule has 0 saturated carbocycles. The minimum absolute atomic E-state index is 0.0874. The van der Waals surface area contributed by atoms with E-state index in [4.69, 9.17) is 0 Å². The first-order valence-electron chi connectivity index (χ1n) is 10.0. The van der Waals surface area contributed by atoms with Crippen molar-refractivity contribution < 1.29 is 9.59 Å². The molecule has 0 unspecified atom stereocenters. The SMILES string of the molecule is Cc1ccccc1C(=O)Nc1nc(NC(=O)/C=C/c2ccccc2)n(-c2ccccc2)n1. The number of nitrogens with zero attached hydrogens (tertiary/aromatic N) is 3. The number of aryl methyl sites for hydroxylation is 1. The summed E-state index contributed by atoms with van der Waals surface area (Å²) in [6, 6.07) is 26.0. The molecule has 0 spiro atoms. The molecule has 32 heavy (non-hydrogen) atoms. The van der Waals surface area contributed by atoms with Crippen LogP contribution in [0.15, 0.2) is 91.0 Å². The molecule has 7 heteroatoms. The first-order valence-corrected chi connectivity index (χ1v) is 10.0. The van der Waals surface area contributed by atoms with Crippen LogP contribution in [0.2, 0.25) is 0 Å². The molecule has 4 aromatic rings. The standard InChI is InChI=1S/C25H21N5O2/c1-18-10-8-9-15-21(18)23(32)27-24-28-25(30(29-24)20-13-6-3-7-14-20)26-22(31)17-16-19-11-4-2-5-12-19/h2-17H,1H3,(H2,26,27,28,29,31,32)/b17-16+. The molecule has 3 aromatic carbocycles. The highest BCUT2D eigenvalue weighted by atomic mass is 16.2. The van der Waals surface area contributed by atoms with Gasteiger partial charge >= 0.3 is 0 Å². The summed E-state index contributed by atoms with van der Waals surface area (Å²) in [6.45, 7) is 1.86. The van der Waals surface area contributed by atoms with Gasteiger partial charge in [-0.3, -0.25) is 20.2 Å². The van der Waals surface area contributed by atoms with Gasteiger partial charge in [0.25, 0.3) is 17.8 Å². The predicted octanol–water partition coefficient (Wildman–Crippen LogP) is 4.48. The summed E-state index contributed by atoms with van der Waals surface area (Å²) >= 11 is 0. The van der Waals surface area contributed by atoms with Crippen molar-refractivity contribution in [2.24, 2.45) is 0 Å². The molecule has 158 valence electrons. The maximum atomic E-state index is 12.7. The van der Waals surface area contributed by atoms with Crippen LogP contribution in [0, 0.1) is 6.92 Å². The number of hydrogen-bond donors (Lipinski definition) is 2. The summed E-state index contributed by atoms with van der Waals surface area (Å²) in [4.78, 5) is 29.5. The molecule has 0 radical (unpaired) electrons. The Morgan fingerprint density at radius 1 is 0.844 bits per heavy atom. The van der Waals surface area contributed by atoms with Crippen molar-refractivity contribution in [3.8, 4) is 5.69 Å². The van der Waals surface area contributed by atoms with Gasteiger partial charge in [-0.1, -0.05) is 66.7 Å². The number of para-hydroxylation sites is 1. The molecule has 1 heterocycles. The third-order valence-electron chi connectivity index (χ3n) is 4.68. The number of aromatic nitrogens is 3. The smallest absolute Gasteiger partial charge is 0.258 e. The number of nitrogens with one attached hydrogen (secondary N) is 2. The lowest BCUT2D eigenvalue weighted by Gasteiger charge is -2.05. The molecular weight excluding hydrogens is 402 g/mol.